The number of nitrogens with zero attached hydrogens (tertiary/aromatic N) is 2. The topological polar surface area (TPSA) is 6.48 Å². The molecule has 15 heavy (non-hydrogen) atoms. The van der Waals surface area contributed by atoms with E-state index in [1.54, 1.807) is 0 Å². The summed E-state index contributed by atoms with van der Waals surface area (Å²) in [7, 11) is 0. The first-order chi connectivity index (χ1) is 7.06. The number of piperazine rings is 1. The molecule has 1 aliphatic heterocycles. The lowest BCUT2D eigenvalue weighted by molar-refractivity contribution is 0.0323. The Bertz CT molecular complexity index is 177. The lowest BCUT2D eigenvalue weighted by Crippen LogP contribution is -2.56. The smallest absolute Gasteiger partial charge is 0.0226 e. The summed E-state index contributed by atoms with van der Waals surface area (Å²) in [5.74, 6) is 0. The predicted molar refractivity (Wildman–Crippen MR) is 67.2 cm³/mol. The van der Waals surface area contributed by atoms with Crippen molar-refractivity contribution in [3.63, 3.8) is 0 Å². The minimum Gasteiger partial charge on any atom is -0.298 e. The molecule has 0 unspecified atom stereocenters. The van der Waals surface area contributed by atoms with Crippen LogP contribution in [0.4, 0.5) is 0 Å². The van der Waals surface area contributed by atoms with Crippen molar-refractivity contribution < 1.29 is 0 Å². The van der Waals surface area contributed by atoms with E-state index in [-0.39, 0.29) is 0 Å². The fourth-order valence-electron chi connectivity index (χ4n) is 2.63. The maximum atomic E-state index is 2.68. The molecule has 2 nitrogen and oxygen atoms in total. The molecular weight excluding hydrogens is 184 g/mol. The molecule has 0 bridgehead atoms. The normalized spacial score (nSPS) is 25.4. The summed E-state index contributed by atoms with van der Waals surface area (Å²) < 4.78 is 0. The average Bonchev–Trinajstić information content (AvgIpc) is 2.17. The first-order valence-electron chi connectivity index (χ1n) is 6.56. The van der Waals surface area contributed by atoms with Crippen LogP contribution in [-0.2, 0) is 0 Å². The Morgan fingerprint density at radius 1 is 1.07 bits per heavy atom. The van der Waals surface area contributed by atoms with Crippen LogP contribution in [0.5, 0.6) is 0 Å². The van der Waals surface area contributed by atoms with Gasteiger partial charge >= 0.3 is 0 Å². The van der Waals surface area contributed by atoms with E-state index in [9.17, 15) is 0 Å². The van der Waals surface area contributed by atoms with Crippen molar-refractivity contribution in [3.05, 3.63) is 0 Å². The van der Waals surface area contributed by atoms with Crippen molar-refractivity contribution in [3.8, 4) is 0 Å². The number of hydrogen-bond acceptors (Lipinski definition) is 2. The van der Waals surface area contributed by atoms with E-state index in [1.165, 1.54) is 32.5 Å². The van der Waals surface area contributed by atoms with E-state index >= 15 is 0 Å². The first kappa shape index (κ1) is 13.0. The van der Waals surface area contributed by atoms with Crippen LogP contribution >= 0.6 is 0 Å². The van der Waals surface area contributed by atoms with Gasteiger partial charge in [-0.15, -0.1) is 0 Å². The molecule has 0 N–H and O–H groups in total. The van der Waals surface area contributed by atoms with Gasteiger partial charge in [0.25, 0.3) is 0 Å². The molecule has 0 spiro atoms. The van der Waals surface area contributed by atoms with Crippen molar-refractivity contribution >= 4 is 0 Å². The molecule has 1 heterocycles. The SMILES string of the molecule is CCC[C@H]1CN(C(C)C)CCN1C(C)C. The van der Waals surface area contributed by atoms with E-state index in [4.69, 9.17) is 0 Å². The van der Waals surface area contributed by atoms with Gasteiger partial charge < -0.3 is 0 Å². The maximum absolute atomic E-state index is 2.68. The van der Waals surface area contributed by atoms with Crippen molar-refractivity contribution in [2.24, 2.45) is 0 Å². The standard InChI is InChI=1S/C13H28N2/c1-6-7-13-10-14(11(2)3)8-9-15(13)12(4)5/h11-13H,6-10H2,1-5H3/t13-/m0/s1. The van der Waals surface area contributed by atoms with Crippen LogP contribution in [0.2, 0.25) is 0 Å². The zero-order valence-electron chi connectivity index (χ0n) is 11.2. The predicted octanol–water partition coefficient (Wildman–Crippen LogP) is 2.59. The van der Waals surface area contributed by atoms with Gasteiger partial charge in [0.1, 0.15) is 0 Å². The molecule has 0 aliphatic carbocycles. The second-order valence-corrected chi connectivity index (χ2v) is 5.36. The third-order valence-corrected chi connectivity index (χ3v) is 3.58. The van der Waals surface area contributed by atoms with E-state index in [1.807, 2.05) is 0 Å². The second kappa shape index (κ2) is 5.86. The van der Waals surface area contributed by atoms with E-state index in [2.05, 4.69) is 44.4 Å². The van der Waals surface area contributed by atoms with Gasteiger partial charge in [0, 0.05) is 37.8 Å². The van der Waals surface area contributed by atoms with E-state index < -0.39 is 0 Å². The molecule has 1 aliphatic rings. The van der Waals surface area contributed by atoms with Gasteiger partial charge in [-0.05, 0) is 34.1 Å². The Labute approximate surface area is 95.6 Å². The minimum absolute atomic E-state index is 0.705. The van der Waals surface area contributed by atoms with E-state index in [0.29, 0.717) is 12.1 Å². The van der Waals surface area contributed by atoms with Crippen LogP contribution in [0.1, 0.15) is 47.5 Å². The molecular formula is C13H28N2. The summed E-state index contributed by atoms with van der Waals surface area (Å²) >= 11 is 0. The average molecular weight is 212 g/mol. The Morgan fingerprint density at radius 3 is 2.20 bits per heavy atom. The van der Waals surface area contributed by atoms with Crippen molar-refractivity contribution in [2.75, 3.05) is 19.6 Å². The zero-order chi connectivity index (χ0) is 11.4. The molecule has 1 atom stereocenters. The molecule has 0 aromatic carbocycles. The largest absolute Gasteiger partial charge is 0.298 e. The summed E-state index contributed by atoms with van der Waals surface area (Å²) in [6, 6.07) is 2.20. The highest BCUT2D eigenvalue weighted by molar-refractivity contribution is 4.84. The Balaban J connectivity index is 2.56. The minimum atomic E-state index is 0.705. The Morgan fingerprint density at radius 2 is 1.73 bits per heavy atom. The lowest BCUT2D eigenvalue weighted by Gasteiger charge is -2.45. The molecule has 0 radical (unpaired) electrons. The van der Waals surface area contributed by atoms with Gasteiger partial charge in [0.05, 0.1) is 0 Å². The monoisotopic (exact) mass is 212 g/mol. The van der Waals surface area contributed by atoms with Crippen molar-refractivity contribution in [1.82, 2.24) is 9.80 Å². The van der Waals surface area contributed by atoms with Crippen LogP contribution < -0.4 is 0 Å². The molecule has 0 aromatic heterocycles. The van der Waals surface area contributed by atoms with Crippen LogP contribution in [0, 0.1) is 0 Å². The van der Waals surface area contributed by atoms with Crippen molar-refractivity contribution in [1.29, 1.82) is 0 Å². The van der Waals surface area contributed by atoms with Gasteiger partial charge in [-0.1, -0.05) is 13.3 Å². The lowest BCUT2D eigenvalue weighted by atomic mass is 10.0. The first-order valence-corrected chi connectivity index (χ1v) is 6.56. The van der Waals surface area contributed by atoms with Crippen LogP contribution in [0.3, 0.4) is 0 Å². The molecule has 1 rings (SSSR count). The fraction of sp³-hybridized carbons (Fsp3) is 1.00. The summed E-state index contributed by atoms with van der Waals surface area (Å²) in [6.45, 7) is 15.3. The third-order valence-electron chi connectivity index (χ3n) is 3.58. The summed E-state index contributed by atoms with van der Waals surface area (Å²) in [5.41, 5.74) is 0. The van der Waals surface area contributed by atoms with Gasteiger partial charge in [0.15, 0.2) is 0 Å². The molecule has 0 aromatic rings. The maximum Gasteiger partial charge on any atom is 0.0226 e. The van der Waals surface area contributed by atoms with Gasteiger partial charge in [-0.25, -0.2) is 0 Å². The molecule has 1 fully saturated rings. The van der Waals surface area contributed by atoms with Gasteiger partial charge in [-0.3, -0.25) is 9.80 Å². The van der Waals surface area contributed by atoms with Crippen LogP contribution in [0.15, 0.2) is 0 Å². The molecule has 90 valence electrons. The van der Waals surface area contributed by atoms with Crippen molar-refractivity contribution in [2.45, 2.75) is 65.6 Å². The highest BCUT2D eigenvalue weighted by Gasteiger charge is 2.28. The number of hydrogen-bond donors (Lipinski definition) is 0. The molecule has 0 saturated carbocycles. The molecule has 0 amide bonds. The van der Waals surface area contributed by atoms with Gasteiger partial charge in [0.2, 0.25) is 0 Å². The Kier molecular flexibility index (Phi) is 5.07. The van der Waals surface area contributed by atoms with Crippen LogP contribution in [-0.4, -0.2) is 47.6 Å². The fourth-order valence-corrected chi connectivity index (χ4v) is 2.63. The molecule has 2 heteroatoms. The Hall–Kier alpha value is -0.0800. The summed E-state index contributed by atoms with van der Waals surface area (Å²) in [6.07, 6.45) is 2.65. The number of rotatable bonds is 4. The summed E-state index contributed by atoms with van der Waals surface area (Å²) in [5, 5.41) is 0. The third kappa shape index (κ3) is 3.46. The zero-order valence-corrected chi connectivity index (χ0v) is 11.2. The highest BCUT2D eigenvalue weighted by Crippen LogP contribution is 2.18. The van der Waals surface area contributed by atoms with Crippen LogP contribution in [0.25, 0.3) is 0 Å². The van der Waals surface area contributed by atoms with E-state index in [0.717, 1.165) is 6.04 Å². The highest BCUT2D eigenvalue weighted by atomic mass is 15.3. The summed E-state index contributed by atoms with van der Waals surface area (Å²) in [4.78, 5) is 5.31. The molecule has 1 saturated heterocycles. The quantitative estimate of drug-likeness (QED) is 0.707. The second-order valence-electron chi connectivity index (χ2n) is 5.36. The van der Waals surface area contributed by atoms with Gasteiger partial charge in [-0.2, -0.15) is 0 Å².